The standard InChI is InChI=1S/C14H21N5O3S/c1-16-9-6-18(17(2)13(9)15)5-8-7-23-11-4-10(20)19(11)12(8)14(21)22-3/h6,11,14-16,21H,4-5,7H2,1-3H3/p+1. The number of fused-ring (bicyclic) bond motifs is 1. The minimum Gasteiger partial charge on any atom is -0.380 e. The normalized spacial score (nSPS) is 22.0. The van der Waals surface area contributed by atoms with Gasteiger partial charge in [0.2, 0.25) is 12.1 Å². The van der Waals surface area contributed by atoms with E-state index >= 15 is 0 Å². The van der Waals surface area contributed by atoms with Crippen LogP contribution in [-0.4, -0.2) is 52.2 Å². The second kappa shape index (κ2) is 6.06. The van der Waals surface area contributed by atoms with E-state index in [1.807, 2.05) is 29.7 Å². The monoisotopic (exact) mass is 340 g/mol. The summed E-state index contributed by atoms with van der Waals surface area (Å²) in [7, 11) is 5.12. The highest BCUT2D eigenvalue weighted by Gasteiger charge is 2.45. The number of rotatable bonds is 5. The third kappa shape index (κ3) is 2.58. The fraction of sp³-hybridized carbons (Fsp3) is 0.571. The topological polar surface area (TPSA) is 96.6 Å². The van der Waals surface area contributed by atoms with E-state index in [1.54, 1.807) is 16.7 Å². The summed E-state index contributed by atoms with van der Waals surface area (Å²) in [6.45, 7) is 0.529. The van der Waals surface area contributed by atoms with Crippen LogP contribution in [0.25, 0.3) is 0 Å². The quantitative estimate of drug-likeness (QED) is 0.378. The number of nitrogen functional groups attached to an aromatic ring is 1. The first-order valence-electron chi connectivity index (χ1n) is 7.37. The highest BCUT2D eigenvalue weighted by molar-refractivity contribution is 8.00. The molecule has 0 aliphatic carbocycles. The molecule has 1 fully saturated rings. The number of aliphatic hydroxyl groups is 1. The van der Waals surface area contributed by atoms with Crippen molar-refractivity contribution in [3.8, 4) is 0 Å². The van der Waals surface area contributed by atoms with Gasteiger partial charge in [-0.25, -0.2) is 0 Å². The molecule has 0 spiro atoms. The fourth-order valence-electron chi connectivity index (χ4n) is 2.94. The van der Waals surface area contributed by atoms with Crippen molar-refractivity contribution < 1.29 is 19.3 Å². The third-order valence-corrected chi connectivity index (χ3v) is 5.62. The van der Waals surface area contributed by atoms with Crippen LogP contribution in [0.5, 0.6) is 0 Å². The van der Waals surface area contributed by atoms with Gasteiger partial charge in [-0.05, 0) is 0 Å². The Bertz CT molecular complexity index is 672. The molecule has 2 aliphatic heterocycles. The van der Waals surface area contributed by atoms with Crippen molar-refractivity contribution in [1.29, 1.82) is 0 Å². The van der Waals surface area contributed by atoms with Crippen LogP contribution in [0.2, 0.25) is 0 Å². The van der Waals surface area contributed by atoms with E-state index in [-0.39, 0.29) is 11.3 Å². The number of aromatic nitrogens is 2. The summed E-state index contributed by atoms with van der Waals surface area (Å²) < 4.78 is 8.87. The Morgan fingerprint density at radius 1 is 1.65 bits per heavy atom. The van der Waals surface area contributed by atoms with Crippen molar-refractivity contribution >= 4 is 29.2 Å². The van der Waals surface area contributed by atoms with Crippen LogP contribution < -0.4 is 15.7 Å². The van der Waals surface area contributed by atoms with Gasteiger partial charge in [-0.3, -0.25) is 9.69 Å². The molecule has 9 heteroatoms. The molecule has 126 valence electrons. The fourth-order valence-corrected chi connectivity index (χ4v) is 4.21. The lowest BCUT2D eigenvalue weighted by molar-refractivity contribution is -0.765. The molecule has 2 unspecified atom stereocenters. The lowest BCUT2D eigenvalue weighted by atomic mass is 10.1. The first-order chi connectivity index (χ1) is 11.0. The van der Waals surface area contributed by atoms with Crippen molar-refractivity contribution in [2.24, 2.45) is 7.05 Å². The Hall–Kier alpha value is -1.71. The average molecular weight is 340 g/mol. The van der Waals surface area contributed by atoms with Crippen LogP contribution >= 0.6 is 11.8 Å². The van der Waals surface area contributed by atoms with Crippen LogP contribution in [0.15, 0.2) is 17.5 Å². The molecule has 8 nitrogen and oxygen atoms in total. The summed E-state index contributed by atoms with van der Waals surface area (Å²) in [5.41, 5.74) is 8.41. The van der Waals surface area contributed by atoms with Crippen LogP contribution in [-0.2, 0) is 23.1 Å². The number of aliphatic hydroxyl groups excluding tert-OH is 1. The number of hydrogen-bond donors (Lipinski definition) is 3. The van der Waals surface area contributed by atoms with Gasteiger partial charge in [0.05, 0.1) is 24.5 Å². The predicted octanol–water partition coefficient (Wildman–Crippen LogP) is -0.539. The number of nitrogens with two attached hydrogens (primary N) is 1. The maximum Gasteiger partial charge on any atom is 0.230 e. The van der Waals surface area contributed by atoms with Crippen molar-refractivity contribution in [1.82, 2.24) is 9.58 Å². The van der Waals surface area contributed by atoms with Gasteiger partial charge >= 0.3 is 0 Å². The van der Waals surface area contributed by atoms with Crippen LogP contribution in [0.1, 0.15) is 6.42 Å². The minimum atomic E-state index is -1.10. The average Bonchev–Trinajstić information content (AvgIpc) is 2.81. The van der Waals surface area contributed by atoms with Crippen molar-refractivity contribution in [2.75, 3.05) is 31.0 Å². The van der Waals surface area contributed by atoms with E-state index in [4.69, 9.17) is 10.5 Å². The second-order valence-electron chi connectivity index (χ2n) is 5.61. The highest BCUT2D eigenvalue weighted by Crippen LogP contribution is 2.41. The first kappa shape index (κ1) is 16.2. The molecule has 0 bridgehead atoms. The molecule has 0 aromatic carbocycles. The van der Waals surface area contributed by atoms with Crippen molar-refractivity contribution in [3.05, 3.63) is 17.5 Å². The van der Waals surface area contributed by atoms with Gasteiger partial charge < -0.3 is 20.9 Å². The zero-order chi connectivity index (χ0) is 16.7. The Labute approximate surface area is 138 Å². The zero-order valence-corrected chi connectivity index (χ0v) is 14.3. The Morgan fingerprint density at radius 2 is 2.39 bits per heavy atom. The molecule has 0 saturated carbocycles. The molecule has 0 radical (unpaired) electrons. The van der Waals surface area contributed by atoms with E-state index in [2.05, 4.69) is 5.32 Å². The Kier molecular flexibility index (Phi) is 4.26. The van der Waals surface area contributed by atoms with Gasteiger partial charge in [0, 0.05) is 25.5 Å². The van der Waals surface area contributed by atoms with Crippen molar-refractivity contribution in [2.45, 2.75) is 24.6 Å². The molecule has 2 aliphatic rings. The number of amides is 1. The summed E-state index contributed by atoms with van der Waals surface area (Å²) in [4.78, 5) is 13.6. The number of hydrogen-bond acceptors (Lipinski definition) is 6. The SMILES string of the molecule is CNc1c[n+](CC2=C(C(O)OC)N3C(=O)CC3SC2)n(C)c1N. The van der Waals surface area contributed by atoms with E-state index in [9.17, 15) is 9.90 Å². The van der Waals surface area contributed by atoms with Gasteiger partial charge in [0.25, 0.3) is 0 Å². The lowest BCUT2D eigenvalue weighted by Gasteiger charge is -2.45. The maximum absolute atomic E-state index is 11.9. The Balaban J connectivity index is 1.96. The summed E-state index contributed by atoms with van der Waals surface area (Å²) in [5.74, 6) is 1.40. The lowest BCUT2D eigenvalue weighted by Crippen LogP contribution is -2.56. The molecule has 1 aromatic rings. The van der Waals surface area contributed by atoms with E-state index in [0.717, 1.165) is 17.0 Å². The number of β-lactam (4-membered cyclic amide) rings is 1. The van der Waals surface area contributed by atoms with Gasteiger partial charge in [-0.15, -0.1) is 21.1 Å². The summed E-state index contributed by atoms with van der Waals surface area (Å²) in [6.07, 6.45) is 1.33. The zero-order valence-electron chi connectivity index (χ0n) is 13.4. The molecule has 1 amide bonds. The molecule has 3 rings (SSSR count). The summed E-state index contributed by atoms with van der Waals surface area (Å²) in [5, 5.41) is 13.4. The smallest absolute Gasteiger partial charge is 0.230 e. The summed E-state index contributed by atoms with van der Waals surface area (Å²) >= 11 is 1.71. The van der Waals surface area contributed by atoms with E-state index in [1.165, 1.54) is 7.11 Å². The predicted molar refractivity (Wildman–Crippen MR) is 87.3 cm³/mol. The maximum atomic E-state index is 11.9. The van der Waals surface area contributed by atoms with Crippen molar-refractivity contribution in [3.63, 3.8) is 0 Å². The third-order valence-electron chi connectivity index (χ3n) is 4.35. The number of nitrogens with zero attached hydrogens (tertiary/aromatic N) is 3. The molecule has 4 N–H and O–H groups in total. The molecule has 2 atom stereocenters. The number of methoxy groups -OCH3 is 1. The summed E-state index contributed by atoms with van der Waals surface area (Å²) in [6, 6.07) is 0. The molecule has 1 saturated heterocycles. The molecule has 23 heavy (non-hydrogen) atoms. The second-order valence-corrected chi connectivity index (χ2v) is 6.78. The number of carbonyl (C=O) groups excluding carboxylic acids is 1. The number of thioether (sulfide) groups is 1. The van der Waals surface area contributed by atoms with Gasteiger partial charge in [0.1, 0.15) is 5.69 Å². The van der Waals surface area contributed by atoms with Crippen LogP contribution in [0.3, 0.4) is 0 Å². The molecule has 1 aromatic heterocycles. The van der Waals surface area contributed by atoms with Crippen LogP contribution in [0, 0.1) is 0 Å². The molecule has 3 heterocycles. The first-order valence-corrected chi connectivity index (χ1v) is 8.41. The molecular weight excluding hydrogens is 318 g/mol. The van der Waals surface area contributed by atoms with Gasteiger partial charge in [-0.1, -0.05) is 0 Å². The number of carbonyl (C=O) groups is 1. The minimum absolute atomic E-state index is 0.0260. The van der Waals surface area contributed by atoms with Crippen LogP contribution in [0.4, 0.5) is 11.5 Å². The number of nitrogens with one attached hydrogen (secondary N) is 1. The largest absolute Gasteiger partial charge is 0.380 e. The van der Waals surface area contributed by atoms with E-state index < -0.39 is 6.29 Å². The van der Waals surface area contributed by atoms with Gasteiger partial charge in [0.15, 0.2) is 18.7 Å². The van der Waals surface area contributed by atoms with Gasteiger partial charge in [-0.2, -0.15) is 0 Å². The number of anilines is 2. The number of ether oxygens (including phenoxy) is 1. The Morgan fingerprint density at radius 3 is 2.96 bits per heavy atom. The molecular formula is C14H22N5O3S+. The highest BCUT2D eigenvalue weighted by atomic mass is 32.2. The van der Waals surface area contributed by atoms with E-state index in [0.29, 0.717) is 24.5 Å².